The highest BCUT2D eigenvalue weighted by Gasteiger charge is 2.08. The third-order valence-electron chi connectivity index (χ3n) is 2.65. The molecule has 1 aromatic carbocycles. The van der Waals surface area contributed by atoms with E-state index in [1.807, 2.05) is 12.1 Å². The fraction of sp³-hybridized carbons (Fsp3) is 0.417. The first kappa shape index (κ1) is 14.9. The van der Waals surface area contributed by atoms with E-state index in [1.165, 1.54) is 0 Å². The van der Waals surface area contributed by atoms with Crippen molar-refractivity contribution in [2.75, 3.05) is 20.2 Å². The van der Waals surface area contributed by atoms with Crippen molar-refractivity contribution in [3.63, 3.8) is 0 Å². The molecule has 0 aromatic heterocycles. The Morgan fingerprint density at radius 2 is 2.33 bits per heavy atom. The molecule has 0 aliphatic carbocycles. The molecule has 2 rings (SSSR count). The highest BCUT2D eigenvalue weighted by Crippen LogP contribution is 2.28. The Morgan fingerprint density at radius 3 is 3.00 bits per heavy atom. The number of methoxy groups -OCH3 is 1. The summed E-state index contributed by atoms with van der Waals surface area (Å²) >= 11 is 0. The summed E-state index contributed by atoms with van der Waals surface area (Å²) in [6.07, 6.45) is 1.07. The van der Waals surface area contributed by atoms with E-state index in [9.17, 15) is 5.11 Å². The predicted octanol–water partition coefficient (Wildman–Crippen LogP) is 1.46. The van der Waals surface area contributed by atoms with Crippen LogP contribution in [-0.4, -0.2) is 31.3 Å². The fourth-order valence-corrected chi connectivity index (χ4v) is 1.71. The van der Waals surface area contributed by atoms with E-state index < -0.39 is 0 Å². The van der Waals surface area contributed by atoms with Crippen LogP contribution >= 0.6 is 24.0 Å². The number of hydrogen-bond acceptors (Lipinski definition) is 5. The Morgan fingerprint density at radius 1 is 1.50 bits per heavy atom. The molecule has 100 valence electrons. The Kier molecular flexibility index (Phi) is 6.03. The normalized spacial score (nSPS) is 13.9. The van der Waals surface area contributed by atoms with Crippen LogP contribution in [0.25, 0.3) is 0 Å². The van der Waals surface area contributed by atoms with Crippen LogP contribution in [0.1, 0.15) is 12.0 Å². The van der Waals surface area contributed by atoms with Crippen LogP contribution in [0.3, 0.4) is 0 Å². The molecule has 3 N–H and O–H groups in total. The molecule has 0 radical (unpaired) electrons. The van der Waals surface area contributed by atoms with Crippen molar-refractivity contribution in [2.45, 2.75) is 13.0 Å². The lowest BCUT2D eigenvalue weighted by molar-refractivity contribution is 0.370. The van der Waals surface area contributed by atoms with Crippen molar-refractivity contribution >= 4 is 29.9 Å². The second kappa shape index (κ2) is 7.30. The number of benzene rings is 1. The third-order valence-corrected chi connectivity index (χ3v) is 2.65. The number of rotatable bonds is 3. The van der Waals surface area contributed by atoms with Crippen molar-refractivity contribution in [3.8, 4) is 11.5 Å². The Labute approximate surface area is 124 Å². The number of nitrogens with zero attached hydrogens (tertiary/aromatic N) is 1. The lowest BCUT2D eigenvalue weighted by Crippen LogP contribution is -2.40. The Bertz CT molecular complexity index is 424. The molecular formula is C12H18IN3O2. The van der Waals surface area contributed by atoms with Gasteiger partial charge in [0.15, 0.2) is 17.5 Å². The SMILES string of the molecule is COc1cccc(CNC2=NCCCN2)c1O.I. The minimum atomic E-state index is 0. The van der Waals surface area contributed by atoms with Gasteiger partial charge < -0.3 is 20.5 Å². The van der Waals surface area contributed by atoms with E-state index in [4.69, 9.17) is 4.74 Å². The van der Waals surface area contributed by atoms with Crippen LogP contribution in [0.5, 0.6) is 11.5 Å². The molecule has 0 bridgehead atoms. The molecule has 0 atom stereocenters. The molecule has 1 aliphatic heterocycles. The number of phenols is 1. The number of aliphatic imine (C=N–C) groups is 1. The maximum atomic E-state index is 9.89. The Balaban J connectivity index is 0.00000162. The van der Waals surface area contributed by atoms with Gasteiger partial charge in [-0.1, -0.05) is 12.1 Å². The molecule has 1 aliphatic rings. The van der Waals surface area contributed by atoms with Gasteiger partial charge in [-0.3, -0.25) is 4.99 Å². The molecule has 0 amide bonds. The van der Waals surface area contributed by atoms with Gasteiger partial charge in [0.1, 0.15) is 0 Å². The number of nitrogens with one attached hydrogen (secondary N) is 2. The number of phenolic OH excluding ortho intramolecular Hbond substituents is 1. The van der Waals surface area contributed by atoms with E-state index in [-0.39, 0.29) is 29.7 Å². The van der Waals surface area contributed by atoms with Crippen molar-refractivity contribution < 1.29 is 9.84 Å². The number of para-hydroxylation sites is 1. The molecule has 0 saturated heterocycles. The summed E-state index contributed by atoms with van der Waals surface area (Å²) in [7, 11) is 1.54. The van der Waals surface area contributed by atoms with Crippen LogP contribution < -0.4 is 15.4 Å². The molecule has 0 unspecified atom stereocenters. The molecule has 1 heterocycles. The molecule has 18 heavy (non-hydrogen) atoms. The average molecular weight is 363 g/mol. The van der Waals surface area contributed by atoms with Crippen LogP contribution in [0.2, 0.25) is 0 Å². The van der Waals surface area contributed by atoms with Gasteiger partial charge in [0.2, 0.25) is 0 Å². The van der Waals surface area contributed by atoms with Gasteiger partial charge in [-0.05, 0) is 12.5 Å². The van der Waals surface area contributed by atoms with Gasteiger partial charge >= 0.3 is 0 Å². The smallest absolute Gasteiger partial charge is 0.191 e. The molecule has 0 fully saturated rings. The highest BCUT2D eigenvalue weighted by atomic mass is 127. The highest BCUT2D eigenvalue weighted by molar-refractivity contribution is 14.0. The van der Waals surface area contributed by atoms with E-state index in [0.29, 0.717) is 12.3 Å². The zero-order valence-electron chi connectivity index (χ0n) is 10.3. The van der Waals surface area contributed by atoms with Crippen molar-refractivity contribution in [2.24, 2.45) is 4.99 Å². The maximum Gasteiger partial charge on any atom is 0.191 e. The number of aromatic hydroxyl groups is 1. The zero-order chi connectivity index (χ0) is 12.1. The van der Waals surface area contributed by atoms with E-state index >= 15 is 0 Å². The minimum absolute atomic E-state index is 0. The van der Waals surface area contributed by atoms with E-state index in [2.05, 4.69) is 15.6 Å². The Hall–Kier alpha value is -1.18. The second-order valence-corrected chi connectivity index (χ2v) is 3.83. The van der Waals surface area contributed by atoms with Gasteiger partial charge in [0, 0.05) is 25.2 Å². The fourth-order valence-electron chi connectivity index (χ4n) is 1.71. The van der Waals surface area contributed by atoms with Crippen LogP contribution in [-0.2, 0) is 6.54 Å². The number of ether oxygens (including phenoxy) is 1. The van der Waals surface area contributed by atoms with Crippen LogP contribution in [0, 0.1) is 0 Å². The summed E-state index contributed by atoms with van der Waals surface area (Å²) in [4.78, 5) is 4.30. The van der Waals surface area contributed by atoms with E-state index in [1.54, 1.807) is 13.2 Å². The molecule has 0 spiro atoms. The van der Waals surface area contributed by atoms with Crippen LogP contribution in [0.4, 0.5) is 0 Å². The molecule has 1 aromatic rings. The summed E-state index contributed by atoms with van der Waals surface area (Å²) in [5.41, 5.74) is 0.791. The largest absolute Gasteiger partial charge is 0.504 e. The van der Waals surface area contributed by atoms with Crippen LogP contribution in [0.15, 0.2) is 23.2 Å². The summed E-state index contributed by atoms with van der Waals surface area (Å²) < 4.78 is 5.05. The molecule has 5 nitrogen and oxygen atoms in total. The first-order valence-corrected chi connectivity index (χ1v) is 5.68. The zero-order valence-corrected chi connectivity index (χ0v) is 12.6. The minimum Gasteiger partial charge on any atom is -0.504 e. The molecule has 6 heteroatoms. The lowest BCUT2D eigenvalue weighted by atomic mass is 10.2. The average Bonchev–Trinajstić information content (AvgIpc) is 2.39. The van der Waals surface area contributed by atoms with E-state index in [0.717, 1.165) is 31.0 Å². The summed E-state index contributed by atoms with van der Waals surface area (Å²) in [5.74, 6) is 1.46. The quantitative estimate of drug-likeness (QED) is 0.712. The monoisotopic (exact) mass is 363 g/mol. The first-order chi connectivity index (χ1) is 8.31. The maximum absolute atomic E-state index is 9.89. The van der Waals surface area contributed by atoms with Gasteiger partial charge in [0.05, 0.1) is 7.11 Å². The second-order valence-electron chi connectivity index (χ2n) is 3.83. The topological polar surface area (TPSA) is 65.9 Å². The summed E-state index contributed by atoms with van der Waals surface area (Å²) in [6, 6.07) is 5.44. The predicted molar refractivity (Wildman–Crippen MR) is 81.8 cm³/mol. The van der Waals surface area contributed by atoms with Crippen molar-refractivity contribution in [1.82, 2.24) is 10.6 Å². The lowest BCUT2D eigenvalue weighted by Gasteiger charge is -2.16. The standard InChI is InChI=1S/C12H17N3O2.HI/c1-17-10-5-2-4-9(11(10)16)8-15-12-13-6-3-7-14-12;/h2,4-5,16H,3,6-8H2,1H3,(H2,13,14,15);1H. The number of guanidine groups is 1. The summed E-state index contributed by atoms with van der Waals surface area (Å²) in [5, 5.41) is 16.2. The van der Waals surface area contributed by atoms with Crippen molar-refractivity contribution in [3.05, 3.63) is 23.8 Å². The van der Waals surface area contributed by atoms with Gasteiger partial charge in [-0.25, -0.2) is 0 Å². The third kappa shape index (κ3) is 3.66. The first-order valence-electron chi connectivity index (χ1n) is 5.68. The van der Waals surface area contributed by atoms with Crippen molar-refractivity contribution in [1.29, 1.82) is 0 Å². The summed E-state index contributed by atoms with van der Waals surface area (Å²) in [6.45, 7) is 2.31. The van der Waals surface area contributed by atoms with Gasteiger partial charge in [0.25, 0.3) is 0 Å². The number of hydrogen-bond donors (Lipinski definition) is 3. The molecular weight excluding hydrogens is 345 g/mol. The number of halogens is 1. The van der Waals surface area contributed by atoms with Gasteiger partial charge in [-0.2, -0.15) is 0 Å². The molecule has 0 saturated carbocycles. The van der Waals surface area contributed by atoms with Gasteiger partial charge in [-0.15, -0.1) is 24.0 Å².